The summed E-state index contributed by atoms with van der Waals surface area (Å²) in [6.45, 7) is -0.785. The molecule has 0 bridgehead atoms. The van der Waals surface area contributed by atoms with E-state index in [-0.39, 0.29) is 27.0 Å². The highest BCUT2D eigenvalue weighted by Gasteiger charge is 2.23. The number of hydrogen-bond acceptors (Lipinski definition) is 6. The van der Waals surface area contributed by atoms with E-state index in [4.69, 9.17) is 33.4 Å². The third kappa shape index (κ3) is 4.95. The van der Waals surface area contributed by atoms with Gasteiger partial charge in [0.2, 0.25) is 10.0 Å². The predicted molar refractivity (Wildman–Crippen MR) is 88.7 cm³/mol. The Morgan fingerprint density at radius 2 is 1.96 bits per heavy atom. The van der Waals surface area contributed by atoms with Crippen LogP contribution >= 0.6 is 23.2 Å². The summed E-state index contributed by atoms with van der Waals surface area (Å²) in [4.78, 5) is 22.2. The molecule has 3 N–H and O–H groups in total. The highest BCUT2D eigenvalue weighted by molar-refractivity contribution is 7.89. The Morgan fingerprint density at radius 1 is 1.24 bits per heavy atom. The molecule has 0 spiro atoms. The molecule has 0 saturated carbocycles. The predicted octanol–water partition coefficient (Wildman–Crippen LogP) is 1.71. The number of rotatable bonds is 7. The number of hydrogen-bond donors (Lipinski definition) is 2. The number of halogens is 2. The first-order valence-corrected chi connectivity index (χ1v) is 8.91. The SMILES string of the molecule is NC(=O)COC(=O)c1cc(S(=O)(=O)NCc2ccco2)c(Cl)cc1Cl. The Labute approximate surface area is 152 Å². The van der Waals surface area contributed by atoms with Crippen LogP contribution in [0.25, 0.3) is 0 Å². The van der Waals surface area contributed by atoms with Gasteiger partial charge < -0.3 is 14.9 Å². The maximum atomic E-state index is 12.4. The fraction of sp³-hybridized carbons (Fsp3) is 0.143. The Kier molecular flexibility index (Phi) is 6.07. The second kappa shape index (κ2) is 7.87. The van der Waals surface area contributed by atoms with E-state index in [9.17, 15) is 18.0 Å². The molecular weight excluding hydrogens is 395 g/mol. The fourth-order valence-electron chi connectivity index (χ4n) is 1.76. The Balaban J connectivity index is 2.28. The zero-order chi connectivity index (χ0) is 18.6. The zero-order valence-electron chi connectivity index (χ0n) is 12.5. The van der Waals surface area contributed by atoms with Gasteiger partial charge in [0, 0.05) is 0 Å². The minimum absolute atomic E-state index is 0.115. The van der Waals surface area contributed by atoms with Crippen LogP contribution in [0.5, 0.6) is 0 Å². The number of sulfonamides is 1. The molecule has 0 aliphatic rings. The minimum Gasteiger partial charge on any atom is -0.468 e. The van der Waals surface area contributed by atoms with Crippen LogP contribution in [0.15, 0.2) is 39.8 Å². The monoisotopic (exact) mass is 406 g/mol. The molecule has 0 aliphatic heterocycles. The highest BCUT2D eigenvalue weighted by atomic mass is 35.5. The van der Waals surface area contributed by atoms with Gasteiger partial charge in [-0.2, -0.15) is 0 Å². The van der Waals surface area contributed by atoms with Crippen LogP contribution in [0.1, 0.15) is 16.1 Å². The number of primary amides is 1. The second-order valence-electron chi connectivity index (χ2n) is 4.71. The first-order valence-electron chi connectivity index (χ1n) is 6.67. The van der Waals surface area contributed by atoms with E-state index in [1.165, 1.54) is 6.26 Å². The molecule has 1 amide bonds. The third-order valence-electron chi connectivity index (χ3n) is 2.89. The molecular formula is C14H12Cl2N2O6S. The van der Waals surface area contributed by atoms with E-state index in [0.717, 1.165) is 12.1 Å². The van der Waals surface area contributed by atoms with Crippen LogP contribution in [0.3, 0.4) is 0 Å². The third-order valence-corrected chi connectivity index (χ3v) is 5.07. The number of furan rings is 1. The summed E-state index contributed by atoms with van der Waals surface area (Å²) in [6, 6.07) is 5.23. The maximum absolute atomic E-state index is 12.4. The molecule has 0 saturated heterocycles. The van der Waals surface area contributed by atoms with Crippen molar-refractivity contribution < 1.29 is 27.2 Å². The van der Waals surface area contributed by atoms with Gasteiger partial charge >= 0.3 is 5.97 Å². The summed E-state index contributed by atoms with van der Waals surface area (Å²) in [5.74, 6) is -1.50. The number of carbonyl (C=O) groups excluding carboxylic acids is 2. The maximum Gasteiger partial charge on any atom is 0.340 e. The van der Waals surface area contributed by atoms with Gasteiger partial charge in [0.15, 0.2) is 6.61 Å². The van der Waals surface area contributed by atoms with Crippen molar-refractivity contribution in [1.82, 2.24) is 4.72 Å². The van der Waals surface area contributed by atoms with E-state index in [0.29, 0.717) is 5.76 Å². The molecule has 11 heteroatoms. The molecule has 1 heterocycles. The van der Waals surface area contributed by atoms with Crippen LogP contribution in [-0.2, 0) is 26.1 Å². The average Bonchev–Trinajstić information content (AvgIpc) is 3.04. The van der Waals surface area contributed by atoms with Crippen molar-refractivity contribution in [1.29, 1.82) is 0 Å². The molecule has 0 radical (unpaired) electrons. The summed E-state index contributed by atoms with van der Waals surface area (Å²) in [5, 5.41) is -0.326. The van der Waals surface area contributed by atoms with E-state index < -0.39 is 28.5 Å². The fourth-order valence-corrected chi connectivity index (χ4v) is 3.60. The van der Waals surface area contributed by atoms with Crippen molar-refractivity contribution in [2.45, 2.75) is 11.4 Å². The minimum atomic E-state index is -4.07. The second-order valence-corrected chi connectivity index (χ2v) is 7.26. The van der Waals surface area contributed by atoms with E-state index in [1.54, 1.807) is 12.1 Å². The number of amides is 1. The number of nitrogens with one attached hydrogen (secondary N) is 1. The lowest BCUT2D eigenvalue weighted by molar-refractivity contribution is -0.121. The van der Waals surface area contributed by atoms with Gasteiger partial charge in [0.1, 0.15) is 10.7 Å². The van der Waals surface area contributed by atoms with Crippen molar-refractivity contribution in [3.63, 3.8) is 0 Å². The molecule has 2 aromatic rings. The van der Waals surface area contributed by atoms with E-state index >= 15 is 0 Å². The van der Waals surface area contributed by atoms with Crippen molar-refractivity contribution in [3.05, 3.63) is 51.9 Å². The van der Waals surface area contributed by atoms with Crippen molar-refractivity contribution in [2.75, 3.05) is 6.61 Å². The number of esters is 1. The zero-order valence-corrected chi connectivity index (χ0v) is 14.8. The van der Waals surface area contributed by atoms with E-state index in [2.05, 4.69) is 9.46 Å². The molecule has 8 nitrogen and oxygen atoms in total. The van der Waals surface area contributed by atoms with E-state index in [1.807, 2.05) is 0 Å². The Bertz CT molecular complexity index is 896. The van der Waals surface area contributed by atoms with Gasteiger partial charge in [-0.25, -0.2) is 17.9 Å². The molecule has 0 unspecified atom stereocenters. The smallest absolute Gasteiger partial charge is 0.340 e. The van der Waals surface area contributed by atoms with Crippen molar-refractivity contribution in [3.8, 4) is 0 Å². The standard InChI is InChI=1S/C14H12Cl2N2O6S/c15-10-5-11(16)12(4-9(10)14(20)24-7-13(17)19)25(21,22)18-6-8-2-1-3-23-8/h1-5,18H,6-7H2,(H2,17,19). The van der Waals surface area contributed by atoms with Crippen LogP contribution in [0.2, 0.25) is 10.0 Å². The first kappa shape index (κ1) is 19.3. The molecule has 134 valence electrons. The van der Waals surface area contributed by atoms with Crippen molar-refractivity contribution >= 4 is 45.1 Å². The summed E-state index contributed by atoms with van der Waals surface area (Å²) in [5.41, 5.74) is 4.61. The van der Waals surface area contributed by atoms with Gasteiger partial charge in [-0.3, -0.25) is 4.79 Å². The van der Waals surface area contributed by atoms with Crippen LogP contribution in [0.4, 0.5) is 0 Å². The molecule has 1 aromatic carbocycles. The Morgan fingerprint density at radius 3 is 2.56 bits per heavy atom. The number of benzene rings is 1. The lowest BCUT2D eigenvalue weighted by Crippen LogP contribution is -2.24. The summed E-state index contributed by atoms with van der Waals surface area (Å²) in [6.07, 6.45) is 1.39. The van der Waals surface area contributed by atoms with Gasteiger partial charge in [-0.15, -0.1) is 0 Å². The summed E-state index contributed by atoms with van der Waals surface area (Å²) >= 11 is 11.8. The molecule has 0 aliphatic carbocycles. The van der Waals surface area contributed by atoms with Gasteiger partial charge in [-0.05, 0) is 24.3 Å². The molecule has 0 atom stereocenters. The van der Waals surface area contributed by atoms with Gasteiger partial charge in [0.05, 0.1) is 28.4 Å². The topological polar surface area (TPSA) is 129 Å². The Hall–Kier alpha value is -2.07. The van der Waals surface area contributed by atoms with Gasteiger partial charge in [0.25, 0.3) is 5.91 Å². The number of ether oxygens (including phenoxy) is 1. The first-order chi connectivity index (χ1) is 11.7. The average molecular weight is 407 g/mol. The molecule has 0 fully saturated rings. The summed E-state index contributed by atoms with van der Waals surface area (Å²) in [7, 11) is -4.07. The largest absolute Gasteiger partial charge is 0.468 e. The molecule has 1 aromatic heterocycles. The molecule has 25 heavy (non-hydrogen) atoms. The highest BCUT2D eigenvalue weighted by Crippen LogP contribution is 2.29. The van der Waals surface area contributed by atoms with Gasteiger partial charge in [-0.1, -0.05) is 23.2 Å². The quantitative estimate of drug-likeness (QED) is 0.673. The van der Waals surface area contributed by atoms with Crippen molar-refractivity contribution in [2.24, 2.45) is 5.73 Å². The van der Waals surface area contributed by atoms with Crippen LogP contribution in [-0.4, -0.2) is 26.9 Å². The van der Waals surface area contributed by atoms with Crippen LogP contribution in [0, 0.1) is 0 Å². The number of nitrogens with two attached hydrogens (primary N) is 1. The lowest BCUT2D eigenvalue weighted by Gasteiger charge is -2.11. The molecule has 2 rings (SSSR count). The number of carbonyl (C=O) groups is 2. The lowest BCUT2D eigenvalue weighted by atomic mass is 10.2. The summed E-state index contributed by atoms with van der Waals surface area (Å²) < 4.78 is 36.7. The van der Waals surface area contributed by atoms with Crippen LogP contribution < -0.4 is 10.5 Å². The normalized spacial score (nSPS) is 11.3.